The topological polar surface area (TPSA) is 66.4 Å². The lowest BCUT2D eigenvalue weighted by molar-refractivity contribution is -0.141. The summed E-state index contributed by atoms with van der Waals surface area (Å²) in [6.45, 7) is 0. The Hall–Kier alpha value is -1.06. The maximum atomic E-state index is 12.4. The Morgan fingerprint density at radius 2 is 1.62 bits per heavy atom. The third-order valence-electron chi connectivity index (χ3n) is 6.91. The summed E-state index contributed by atoms with van der Waals surface area (Å²) in [5.41, 5.74) is 0. The number of fused-ring (bicyclic) bond motifs is 5. The van der Waals surface area contributed by atoms with Crippen LogP contribution in [0.3, 0.4) is 0 Å². The van der Waals surface area contributed by atoms with Crippen LogP contribution in [0.4, 0.5) is 0 Å². The van der Waals surface area contributed by atoms with Gasteiger partial charge in [0.15, 0.2) is 0 Å². The van der Waals surface area contributed by atoms with Gasteiger partial charge in [0.1, 0.15) is 0 Å². The fraction of sp³-hybridized carbons (Fsp3) is 0.882. The van der Waals surface area contributed by atoms with Crippen LogP contribution in [-0.4, -0.2) is 23.0 Å². The van der Waals surface area contributed by atoms with Gasteiger partial charge < -0.3 is 10.4 Å². The van der Waals surface area contributed by atoms with E-state index in [4.69, 9.17) is 5.11 Å². The van der Waals surface area contributed by atoms with Crippen LogP contribution in [0.25, 0.3) is 0 Å². The number of nitrogens with one attached hydrogen (secondary N) is 1. The third kappa shape index (κ3) is 2.18. The molecule has 2 bridgehead atoms. The van der Waals surface area contributed by atoms with Crippen LogP contribution in [0.15, 0.2) is 0 Å². The minimum Gasteiger partial charge on any atom is -0.481 e. The van der Waals surface area contributed by atoms with Crippen LogP contribution >= 0.6 is 0 Å². The molecular weight excluding hydrogens is 266 g/mol. The summed E-state index contributed by atoms with van der Waals surface area (Å²) in [5.74, 6) is 2.40. The second-order valence-corrected chi connectivity index (χ2v) is 7.81. The van der Waals surface area contributed by atoms with Gasteiger partial charge in [-0.1, -0.05) is 6.42 Å². The van der Waals surface area contributed by atoms with Gasteiger partial charge in [-0.05, 0) is 68.6 Å². The predicted octanol–water partition coefficient (Wildman–Crippen LogP) is 2.43. The van der Waals surface area contributed by atoms with E-state index in [9.17, 15) is 9.59 Å². The second kappa shape index (κ2) is 4.99. The summed E-state index contributed by atoms with van der Waals surface area (Å²) in [6, 6.07) is 0.380. The molecule has 4 heteroatoms. The molecule has 21 heavy (non-hydrogen) atoms. The van der Waals surface area contributed by atoms with Crippen molar-refractivity contribution in [2.45, 2.75) is 57.4 Å². The summed E-state index contributed by atoms with van der Waals surface area (Å²) >= 11 is 0. The molecule has 0 spiro atoms. The number of amides is 1. The van der Waals surface area contributed by atoms with E-state index in [-0.39, 0.29) is 17.7 Å². The number of carboxylic acids is 1. The highest BCUT2D eigenvalue weighted by Crippen LogP contribution is 2.58. The lowest BCUT2D eigenvalue weighted by atomic mass is 9.79. The van der Waals surface area contributed by atoms with Crippen molar-refractivity contribution in [3.63, 3.8) is 0 Å². The van der Waals surface area contributed by atoms with E-state index in [1.807, 2.05) is 0 Å². The lowest BCUT2D eigenvalue weighted by Gasteiger charge is -2.32. The Bertz CT molecular complexity index is 463. The molecule has 2 N–H and O–H groups in total. The van der Waals surface area contributed by atoms with E-state index in [1.165, 1.54) is 32.1 Å². The van der Waals surface area contributed by atoms with Crippen molar-refractivity contribution in [2.24, 2.45) is 35.5 Å². The van der Waals surface area contributed by atoms with Crippen molar-refractivity contribution >= 4 is 11.9 Å². The van der Waals surface area contributed by atoms with Gasteiger partial charge in [0.25, 0.3) is 0 Å². The Kier molecular flexibility index (Phi) is 3.23. The number of carboxylic acid groups (broad SMARTS) is 1. The molecule has 0 aromatic heterocycles. The maximum Gasteiger partial charge on any atom is 0.306 e. The van der Waals surface area contributed by atoms with Crippen LogP contribution in [0.1, 0.15) is 51.4 Å². The molecule has 0 heterocycles. The summed E-state index contributed by atoms with van der Waals surface area (Å²) in [5, 5.41) is 12.3. The van der Waals surface area contributed by atoms with Crippen LogP contribution in [0.2, 0.25) is 0 Å². The van der Waals surface area contributed by atoms with Crippen molar-refractivity contribution in [2.75, 3.05) is 0 Å². The lowest BCUT2D eigenvalue weighted by Crippen LogP contribution is -2.44. The fourth-order valence-electron chi connectivity index (χ4n) is 5.98. The molecule has 116 valence electrons. The molecule has 4 saturated carbocycles. The molecule has 0 aromatic carbocycles. The van der Waals surface area contributed by atoms with Crippen molar-refractivity contribution < 1.29 is 14.7 Å². The summed E-state index contributed by atoms with van der Waals surface area (Å²) in [7, 11) is 0. The fourth-order valence-corrected chi connectivity index (χ4v) is 5.98. The number of rotatable bonds is 3. The van der Waals surface area contributed by atoms with Gasteiger partial charge in [-0.25, -0.2) is 0 Å². The molecule has 4 aliphatic rings. The van der Waals surface area contributed by atoms with E-state index < -0.39 is 5.97 Å². The standard InChI is InChI=1S/C17H25NO3/c19-16(9-4-5-10(6-9)17(20)21)18-15-8-11-7-14(15)13-3-1-2-12(11)13/h9-15H,1-8H2,(H,18,19)(H,20,21). The highest BCUT2D eigenvalue weighted by Gasteiger charge is 2.54. The summed E-state index contributed by atoms with van der Waals surface area (Å²) < 4.78 is 0. The van der Waals surface area contributed by atoms with Gasteiger partial charge in [0.05, 0.1) is 5.92 Å². The first-order chi connectivity index (χ1) is 10.1. The van der Waals surface area contributed by atoms with E-state index in [0.29, 0.717) is 24.8 Å². The number of hydrogen-bond acceptors (Lipinski definition) is 2. The smallest absolute Gasteiger partial charge is 0.306 e. The monoisotopic (exact) mass is 291 g/mol. The van der Waals surface area contributed by atoms with Crippen molar-refractivity contribution in [3.05, 3.63) is 0 Å². The molecular formula is C17H25NO3. The summed E-state index contributed by atoms with van der Waals surface area (Å²) in [6.07, 6.45) is 8.60. The van der Waals surface area contributed by atoms with Gasteiger partial charge in [-0.3, -0.25) is 9.59 Å². The molecule has 0 radical (unpaired) electrons. The van der Waals surface area contributed by atoms with E-state index in [1.54, 1.807) is 0 Å². The first-order valence-corrected chi connectivity index (χ1v) is 8.66. The quantitative estimate of drug-likeness (QED) is 0.839. The van der Waals surface area contributed by atoms with Gasteiger partial charge in [-0.2, -0.15) is 0 Å². The van der Waals surface area contributed by atoms with E-state index in [2.05, 4.69) is 5.32 Å². The van der Waals surface area contributed by atoms with Crippen LogP contribution < -0.4 is 5.32 Å². The Labute approximate surface area is 125 Å². The van der Waals surface area contributed by atoms with Crippen molar-refractivity contribution in [1.82, 2.24) is 5.32 Å². The zero-order chi connectivity index (χ0) is 14.6. The number of carbonyl (C=O) groups excluding carboxylic acids is 1. The van der Waals surface area contributed by atoms with Gasteiger partial charge in [-0.15, -0.1) is 0 Å². The first kappa shape index (κ1) is 13.6. The largest absolute Gasteiger partial charge is 0.481 e. The average molecular weight is 291 g/mol. The Balaban J connectivity index is 1.35. The van der Waals surface area contributed by atoms with Gasteiger partial charge in [0, 0.05) is 12.0 Å². The molecule has 4 rings (SSSR count). The minimum absolute atomic E-state index is 0.0652. The molecule has 7 unspecified atom stereocenters. The zero-order valence-corrected chi connectivity index (χ0v) is 12.5. The van der Waals surface area contributed by atoms with Crippen molar-refractivity contribution in [1.29, 1.82) is 0 Å². The molecule has 0 aliphatic heterocycles. The Morgan fingerprint density at radius 1 is 0.857 bits per heavy atom. The van der Waals surface area contributed by atoms with Crippen molar-refractivity contribution in [3.8, 4) is 0 Å². The minimum atomic E-state index is -0.737. The van der Waals surface area contributed by atoms with Gasteiger partial charge in [0.2, 0.25) is 5.91 Å². The zero-order valence-electron chi connectivity index (χ0n) is 12.5. The Morgan fingerprint density at radius 3 is 2.38 bits per heavy atom. The normalized spacial score (nSPS) is 47.5. The molecule has 4 fully saturated rings. The SMILES string of the molecule is O=C(O)C1CCC(C(=O)NC2CC3CC2C2CCCC32)C1. The molecule has 0 saturated heterocycles. The number of carbonyl (C=O) groups is 2. The van der Waals surface area contributed by atoms with E-state index >= 15 is 0 Å². The molecule has 4 nitrogen and oxygen atoms in total. The maximum absolute atomic E-state index is 12.4. The molecule has 7 atom stereocenters. The molecule has 1 amide bonds. The second-order valence-electron chi connectivity index (χ2n) is 7.81. The highest BCUT2D eigenvalue weighted by molar-refractivity contribution is 5.81. The number of hydrogen-bond donors (Lipinski definition) is 2. The van der Waals surface area contributed by atoms with Gasteiger partial charge >= 0.3 is 5.97 Å². The van der Waals surface area contributed by atoms with Crippen LogP contribution in [0.5, 0.6) is 0 Å². The van der Waals surface area contributed by atoms with Crippen LogP contribution in [-0.2, 0) is 9.59 Å². The van der Waals surface area contributed by atoms with Crippen LogP contribution in [0, 0.1) is 35.5 Å². The predicted molar refractivity (Wildman–Crippen MR) is 77.4 cm³/mol. The third-order valence-corrected chi connectivity index (χ3v) is 6.91. The summed E-state index contributed by atoms with van der Waals surface area (Å²) in [4.78, 5) is 23.4. The van der Waals surface area contributed by atoms with E-state index in [0.717, 1.165) is 24.2 Å². The molecule has 0 aromatic rings. The highest BCUT2D eigenvalue weighted by atomic mass is 16.4. The first-order valence-electron chi connectivity index (χ1n) is 8.66. The number of aliphatic carboxylic acids is 1. The average Bonchev–Trinajstić information content (AvgIpc) is 3.20. The molecule has 4 aliphatic carbocycles.